The van der Waals surface area contributed by atoms with Crippen molar-refractivity contribution >= 4 is 16.0 Å². The maximum atomic E-state index is 13.6. The summed E-state index contributed by atoms with van der Waals surface area (Å²) in [4.78, 5) is 15.3. The number of amides is 1. The number of nitrogens with one attached hydrogen (secondary N) is 1. The first-order valence-corrected chi connectivity index (χ1v) is 15.7. The van der Waals surface area contributed by atoms with Crippen molar-refractivity contribution in [3.63, 3.8) is 0 Å². The highest BCUT2D eigenvalue weighted by Gasteiger charge is 2.24. The van der Waals surface area contributed by atoms with Gasteiger partial charge in [-0.15, -0.1) is 0 Å². The fraction of sp³-hybridized carbons (Fsp3) is 0.387. The Morgan fingerprint density at radius 3 is 2.10 bits per heavy atom. The Morgan fingerprint density at radius 1 is 0.952 bits per heavy atom. The van der Waals surface area contributed by atoms with E-state index in [4.69, 9.17) is 18.4 Å². The van der Waals surface area contributed by atoms with Crippen molar-refractivity contribution in [3.05, 3.63) is 71.5 Å². The second-order valence-electron chi connectivity index (χ2n) is 10.0. The van der Waals surface area contributed by atoms with E-state index in [2.05, 4.69) is 10.2 Å². The normalized spacial score (nSPS) is 14.3. The Labute approximate surface area is 246 Å². The number of carbonyl (C=O) groups excluding carboxylic acids is 1. The van der Waals surface area contributed by atoms with E-state index < -0.39 is 10.1 Å². The quantitative estimate of drug-likeness (QED) is 0.289. The molecule has 0 aromatic heterocycles. The molecule has 1 aliphatic heterocycles. The summed E-state index contributed by atoms with van der Waals surface area (Å²) >= 11 is 0. The summed E-state index contributed by atoms with van der Waals surface area (Å²) in [5.41, 5.74) is 2.90. The zero-order valence-electron chi connectivity index (χ0n) is 24.3. The third kappa shape index (κ3) is 8.36. The lowest BCUT2D eigenvalue weighted by Crippen LogP contribution is -2.44. The molecule has 9 nitrogen and oxygen atoms in total. The molecule has 42 heavy (non-hydrogen) atoms. The average Bonchev–Trinajstić information content (AvgIpc) is 2.94. The first kappa shape index (κ1) is 31.1. The van der Waals surface area contributed by atoms with Crippen molar-refractivity contribution in [2.45, 2.75) is 39.3 Å². The molecule has 0 saturated carbocycles. The number of methoxy groups -OCH3 is 1. The van der Waals surface area contributed by atoms with Gasteiger partial charge in [-0.3, -0.25) is 9.69 Å². The van der Waals surface area contributed by atoms with Gasteiger partial charge in [0.15, 0.2) is 0 Å². The number of ether oxygens (including phenoxy) is 3. The van der Waals surface area contributed by atoms with Crippen LogP contribution in [-0.4, -0.2) is 64.9 Å². The number of piperidine rings is 1. The molecule has 1 aliphatic rings. The molecule has 0 spiro atoms. The van der Waals surface area contributed by atoms with Gasteiger partial charge in [-0.2, -0.15) is 8.42 Å². The third-order valence-electron chi connectivity index (χ3n) is 6.81. The van der Waals surface area contributed by atoms with Gasteiger partial charge in [-0.05, 0) is 74.2 Å². The number of nitrogens with zero attached hydrogens (tertiary/aromatic N) is 1. The van der Waals surface area contributed by atoms with Crippen LogP contribution in [0.25, 0.3) is 11.1 Å². The second kappa shape index (κ2) is 13.9. The minimum Gasteiger partial charge on any atom is -0.497 e. The molecule has 1 amide bonds. The fourth-order valence-electron chi connectivity index (χ4n) is 4.98. The molecule has 0 radical (unpaired) electrons. The molecular formula is C31H37FN2O7S. The van der Waals surface area contributed by atoms with Crippen LogP contribution < -0.4 is 23.7 Å². The van der Waals surface area contributed by atoms with Crippen LogP contribution in [0.2, 0.25) is 0 Å². The number of rotatable bonds is 12. The van der Waals surface area contributed by atoms with E-state index in [1.807, 2.05) is 26.0 Å². The number of hydrogen-bond acceptors (Lipinski definition) is 8. The summed E-state index contributed by atoms with van der Waals surface area (Å²) < 4.78 is 58.9. The van der Waals surface area contributed by atoms with Crippen LogP contribution in [0.15, 0.2) is 54.6 Å². The van der Waals surface area contributed by atoms with Gasteiger partial charge in [0.25, 0.3) is 5.91 Å². The molecule has 1 heterocycles. The van der Waals surface area contributed by atoms with Crippen molar-refractivity contribution in [1.82, 2.24) is 10.2 Å². The monoisotopic (exact) mass is 600 g/mol. The van der Waals surface area contributed by atoms with Crippen LogP contribution >= 0.6 is 0 Å². The third-order valence-corrected chi connectivity index (χ3v) is 7.31. The van der Waals surface area contributed by atoms with E-state index in [0.29, 0.717) is 37.0 Å². The van der Waals surface area contributed by atoms with Gasteiger partial charge in [0, 0.05) is 37.3 Å². The molecule has 1 N–H and O–H groups in total. The van der Waals surface area contributed by atoms with Crippen molar-refractivity contribution in [3.8, 4) is 34.1 Å². The van der Waals surface area contributed by atoms with E-state index in [0.717, 1.165) is 48.9 Å². The fourth-order valence-corrected chi connectivity index (χ4v) is 5.43. The van der Waals surface area contributed by atoms with Gasteiger partial charge < -0.3 is 23.7 Å². The summed E-state index contributed by atoms with van der Waals surface area (Å²) in [6.45, 7) is 7.00. The molecule has 0 unspecified atom stereocenters. The Kier molecular flexibility index (Phi) is 10.3. The van der Waals surface area contributed by atoms with Crippen LogP contribution in [0.5, 0.6) is 23.0 Å². The Balaban J connectivity index is 1.43. The summed E-state index contributed by atoms with van der Waals surface area (Å²) in [5.74, 6) is 1.07. The highest BCUT2D eigenvalue weighted by molar-refractivity contribution is 7.86. The summed E-state index contributed by atoms with van der Waals surface area (Å²) in [6, 6.07) is 14.6. The van der Waals surface area contributed by atoms with E-state index in [9.17, 15) is 17.6 Å². The van der Waals surface area contributed by atoms with Gasteiger partial charge in [0.05, 0.1) is 32.1 Å². The van der Waals surface area contributed by atoms with Crippen LogP contribution in [0.1, 0.15) is 42.6 Å². The molecule has 3 aromatic carbocycles. The highest BCUT2D eigenvalue weighted by Crippen LogP contribution is 2.40. The minimum atomic E-state index is -3.76. The van der Waals surface area contributed by atoms with Crippen LogP contribution in [0.3, 0.4) is 0 Å². The first-order valence-electron chi connectivity index (χ1n) is 13.9. The van der Waals surface area contributed by atoms with Gasteiger partial charge in [-0.25, -0.2) is 4.39 Å². The maximum Gasteiger partial charge on any atom is 0.306 e. The minimum absolute atomic E-state index is 0.0140. The summed E-state index contributed by atoms with van der Waals surface area (Å²) in [5, 5.41) is 3.05. The molecular weight excluding hydrogens is 563 g/mol. The van der Waals surface area contributed by atoms with E-state index in [1.54, 1.807) is 18.2 Å². The lowest BCUT2D eigenvalue weighted by atomic mass is 9.99. The zero-order valence-corrected chi connectivity index (χ0v) is 25.1. The largest absolute Gasteiger partial charge is 0.497 e. The average molecular weight is 601 g/mol. The molecule has 4 rings (SSSR count). The van der Waals surface area contributed by atoms with Crippen LogP contribution in [-0.2, 0) is 16.7 Å². The Morgan fingerprint density at radius 2 is 1.55 bits per heavy atom. The first-order chi connectivity index (χ1) is 20.1. The maximum absolute atomic E-state index is 13.6. The van der Waals surface area contributed by atoms with Crippen LogP contribution in [0.4, 0.5) is 4.39 Å². The standard InChI is InChI=1S/C31H37FN2O7S/c1-5-39-28-15-21(16-29(40-6-2)30(28)22-7-9-24(32)10-8-22)20-34-13-11-25(12-14-34)33-31(35)23-17-26(38-3)19-27(18-23)41-42(4,36)37/h7-10,15-19,25H,5-6,11-14,20H2,1-4H3,(H,33,35). The topological polar surface area (TPSA) is 103 Å². The number of likely N-dealkylation sites (tertiary alicyclic amines) is 1. The molecule has 0 bridgehead atoms. The molecule has 11 heteroatoms. The van der Waals surface area contributed by atoms with Gasteiger partial charge >= 0.3 is 10.1 Å². The Bertz CT molecular complexity index is 1460. The van der Waals surface area contributed by atoms with Crippen molar-refractivity contribution < 1.29 is 36.0 Å². The molecule has 1 fully saturated rings. The number of benzene rings is 3. The number of halogens is 1. The molecule has 0 atom stereocenters. The van der Waals surface area contributed by atoms with Crippen molar-refractivity contribution in [2.75, 3.05) is 39.7 Å². The lowest BCUT2D eigenvalue weighted by molar-refractivity contribution is 0.0908. The summed E-state index contributed by atoms with van der Waals surface area (Å²) in [6.07, 6.45) is 2.43. The van der Waals surface area contributed by atoms with E-state index >= 15 is 0 Å². The Hall–Kier alpha value is -3.83. The van der Waals surface area contributed by atoms with Gasteiger partial charge in [0.2, 0.25) is 0 Å². The number of carbonyl (C=O) groups is 1. The van der Waals surface area contributed by atoms with E-state index in [-0.39, 0.29) is 29.1 Å². The lowest BCUT2D eigenvalue weighted by Gasteiger charge is -2.32. The second-order valence-corrected chi connectivity index (χ2v) is 11.6. The summed E-state index contributed by atoms with van der Waals surface area (Å²) in [7, 11) is -2.32. The predicted octanol–water partition coefficient (Wildman–Crippen LogP) is 5.03. The van der Waals surface area contributed by atoms with Crippen molar-refractivity contribution in [1.29, 1.82) is 0 Å². The van der Waals surface area contributed by atoms with Gasteiger partial charge in [-0.1, -0.05) is 12.1 Å². The predicted molar refractivity (Wildman–Crippen MR) is 158 cm³/mol. The molecule has 1 saturated heterocycles. The molecule has 226 valence electrons. The van der Waals surface area contributed by atoms with E-state index in [1.165, 1.54) is 31.4 Å². The van der Waals surface area contributed by atoms with Gasteiger partial charge in [0.1, 0.15) is 28.8 Å². The van der Waals surface area contributed by atoms with Crippen molar-refractivity contribution in [2.24, 2.45) is 0 Å². The highest BCUT2D eigenvalue weighted by atomic mass is 32.2. The smallest absolute Gasteiger partial charge is 0.306 e. The zero-order chi connectivity index (χ0) is 30.3. The number of hydrogen-bond donors (Lipinski definition) is 1. The van der Waals surface area contributed by atoms with Crippen LogP contribution in [0, 0.1) is 5.82 Å². The SMILES string of the molecule is CCOc1cc(CN2CCC(NC(=O)c3cc(OC)cc(OS(C)(=O)=O)c3)CC2)cc(OCC)c1-c1ccc(F)cc1. The molecule has 0 aliphatic carbocycles. The molecule has 3 aromatic rings.